The van der Waals surface area contributed by atoms with E-state index in [4.69, 9.17) is 5.26 Å². The molecular formula is C19H14F5N3O2. The molecule has 1 aliphatic heterocycles. The number of benzene rings is 2. The Kier molecular flexibility index (Phi) is 5.44. The number of hydrogen-bond donors (Lipinski definition) is 2. The van der Waals surface area contributed by atoms with Gasteiger partial charge in [0.15, 0.2) is 17.7 Å². The smallest absolute Gasteiger partial charge is 0.381 e. The molecule has 0 fully saturated rings. The Morgan fingerprint density at radius 2 is 1.93 bits per heavy atom. The number of aliphatic hydroxyl groups excluding tert-OH is 1. The van der Waals surface area contributed by atoms with Gasteiger partial charge in [-0.25, -0.2) is 8.78 Å². The summed E-state index contributed by atoms with van der Waals surface area (Å²) in [5.74, 6) is -3.03. The molecule has 1 amide bonds. The molecule has 1 unspecified atom stereocenters. The van der Waals surface area contributed by atoms with E-state index in [-0.39, 0.29) is 12.2 Å². The molecule has 2 aromatic carbocycles. The second kappa shape index (κ2) is 7.67. The highest BCUT2D eigenvalue weighted by Crippen LogP contribution is 2.34. The highest BCUT2D eigenvalue weighted by atomic mass is 19.4. The molecule has 0 saturated carbocycles. The van der Waals surface area contributed by atoms with Gasteiger partial charge >= 0.3 is 6.18 Å². The fraction of sp³-hybridized carbons (Fsp3) is 0.263. The number of alkyl halides is 3. The van der Waals surface area contributed by atoms with Crippen molar-refractivity contribution in [2.75, 3.05) is 23.3 Å². The highest BCUT2D eigenvalue weighted by molar-refractivity contribution is 5.94. The van der Waals surface area contributed by atoms with Gasteiger partial charge in [-0.3, -0.25) is 4.79 Å². The topological polar surface area (TPSA) is 76.4 Å². The van der Waals surface area contributed by atoms with Gasteiger partial charge in [0.25, 0.3) is 5.91 Å². The first-order valence-corrected chi connectivity index (χ1v) is 8.43. The van der Waals surface area contributed by atoms with E-state index in [9.17, 15) is 31.9 Å². The molecule has 0 aliphatic carbocycles. The van der Waals surface area contributed by atoms with Crippen molar-refractivity contribution in [2.45, 2.75) is 18.7 Å². The number of fused-ring (bicyclic) bond motifs is 1. The van der Waals surface area contributed by atoms with Gasteiger partial charge in [0.2, 0.25) is 0 Å². The molecule has 0 saturated heterocycles. The molecule has 29 heavy (non-hydrogen) atoms. The number of β-amino-alcohol motifs (C(OH)–C–C–N with tert-alkyl or cyclic N) is 1. The number of anilines is 2. The van der Waals surface area contributed by atoms with Crippen LogP contribution < -0.4 is 10.2 Å². The summed E-state index contributed by atoms with van der Waals surface area (Å²) in [5, 5.41) is 21.1. The fourth-order valence-corrected chi connectivity index (χ4v) is 3.11. The lowest BCUT2D eigenvalue weighted by atomic mass is 10.1. The third kappa shape index (κ3) is 4.30. The summed E-state index contributed by atoms with van der Waals surface area (Å²) in [7, 11) is 0. The molecule has 1 heterocycles. The largest absolute Gasteiger partial charge is 0.417 e. The first-order chi connectivity index (χ1) is 13.6. The third-order valence-electron chi connectivity index (χ3n) is 4.52. The van der Waals surface area contributed by atoms with E-state index in [0.29, 0.717) is 30.3 Å². The number of carbonyl (C=O) groups excluding carboxylic acids is 1. The van der Waals surface area contributed by atoms with Crippen LogP contribution in [0, 0.1) is 23.0 Å². The average molecular weight is 411 g/mol. The van der Waals surface area contributed by atoms with Crippen LogP contribution in [-0.2, 0) is 17.4 Å². The van der Waals surface area contributed by atoms with Crippen LogP contribution in [0.1, 0.15) is 16.7 Å². The maximum absolute atomic E-state index is 13.5. The Balaban J connectivity index is 1.72. The van der Waals surface area contributed by atoms with Crippen LogP contribution in [0.4, 0.5) is 33.3 Å². The van der Waals surface area contributed by atoms with Gasteiger partial charge in [-0.05, 0) is 36.2 Å². The van der Waals surface area contributed by atoms with Gasteiger partial charge in [-0.2, -0.15) is 18.4 Å². The Bertz CT molecular complexity index is 1000. The molecule has 2 N–H and O–H groups in total. The minimum atomic E-state index is -4.79. The second-order valence-electron chi connectivity index (χ2n) is 6.47. The summed E-state index contributed by atoms with van der Waals surface area (Å²) < 4.78 is 65.8. The van der Waals surface area contributed by atoms with Crippen LogP contribution in [0.15, 0.2) is 30.3 Å². The fourth-order valence-electron chi connectivity index (χ4n) is 3.11. The van der Waals surface area contributed by atoms with E-state index >= 15 is 0 Å². The maximum Gasteiger partial charge on any atom is 0.417 e. The Morgan fingerprint density at radius 3 is 2.59 bits per heavy atom. The first kappa shape index (κ1) is 20.5. The molecule has 2 aromatic rings. The van der Waals surface area contributed by atoms with Crippen molar-refractivity contribution in [1.29, 1.82) is 5.26 Å². The van der Waals surface area contributed by atoms with Crippen LogP contribution in [0.2, 0.25) is 0 Å². The standard InChI is InChI=1S/C19H14F5N3O2/c20-14-5-10-3-4-27(16(10)7-15(14)21)9-17(28)18(29)26-12-2-1-11(8-25)13(6-12)19(22,23)24/h1-2,5-7,17,28H,3-4,9H2,(H,26,29). The number of nitriles is 1. The van der Waals surface area contributed by atoms with E-state index in [0.717, 1.165) is 24.3 Å². The van der Waals surface area contributed by atoms with Crippen LogP contribution >= 0.6 is 0 Å². The van der Waals surface area contributed by atoms with Crippen molar-refractivity contribution in [1.82, 2.24) is 0 Å². The molecule has 0 spiro atoms. The maximum atomic E-state index is 13.5. The number of hydrogen-bond acceptors (Lipinski definition) is 4. The number of rotatable bonds is 4. The summed E-state index contributed by atoms with van der Waals surface area (Å²) in [6, 6.07) is 6.08. The second-order valence-corrected chi connectivity index (χ2v) is 6.47. The Hall–Kier alpha value is -3.19. The zero-order valence-corrected chi connectivity index (χ0v) is 14.7. The zero-order valence-electron chi connectivity index (χ0n) is 14.7. The Morgan fingerprint density at radius 1 is 1.24 bits per heavy atom. The monoisotopic (exact) mass is 411 g/mol. The van der Waals surface area contributed by atoms with Gasteiger partial charge in [-0.15, -0.1) is 0 Å². The molecule has 0 aromatic heterocycles. The van der Waals surface area contributed by atoms with Crippen LogP contribution in [0.3, 0.4) is 0 Å². The molecule has 1 aliphatic rings. The van der Waals surface area contributed by atoms with Gasteiger partial charge in [-0.1, -0.05) is 0 Å². The predicted octanol–water partition coefficient (Wildman–Crippen LogP) is 3.22. The van der Waals surface area contributed by atoms with Crippen LogP contribution in [0.25, 0.3) is 0 Å². The van der Waals surface area contributed by atoms with E-state index in [1.54, 1.807) is 0 Å². The molecular weight excluding hydrogens is 397 g/mol. The number of amides is 1. The lowest BCUT2D eigenvalue weighted by Gasteiger charge is -2.22. The zero-order chi connectivity index (χ0) is 21.3. The highest BCUT2D eigenvalue weighted by Gasteiger charge is 2.34. The normalized spacial score (nSPS) is 14.3. The summed E-state index contributed by atoms with van der Waals surface area (Å²) in [5.41, 5.74) is -1.18. The number of nitrogens with zero attached hydrogens (tertiary/aromatic N) is 2. The van der Waals surface area contributed by atoms with E-state index < -0.39 is 40.9 Å². The van der Waals surface area contributed by atoms with Crippen molar-refractivity contribution in [3.63, 3.8) is 0 Å². The minimum Gasteiger partial charge on any atom is -0.381 e. The summed E-state index contributed by atoms with van der Waals surface area (Å²) in [6.45, 7) is 0.0595. The molecule has 3 rings (SSSR count). The Labute approximate surface area is 162 Å². The lowest BCUT2D eigenvalue weighted by molar-refractivity contribution is -0.137. The number of halogens is 5. The first-order valence-electron chi connectivity index (χ1n) is 8.43. The number of carbonyl (C=O) groups is 1. The van der Waals surface area contributed by atoms with Crippen molar-refractivity contribution in [3.05, 3.63) is 58.7 Å². The molecule has 0 bridgehead atoms. The average Bonchev–Trinajstić information content (AvgIpc) is 3.02. The lowest BCUT2D eigenvalue weighted by Crippen LogP contribution is -2.39. The van der Waals surface area contributed by atoms with Gasteiger partial charge < -0.3 is 15.3 Å². The van der Waals surface area contributed by atoms with Gasteiger partial charge in [0.05, 0.1) is 23.7 Å². The summed E-state index contributed by atoms with van der Waals surface area (Å²) in [6.07, 6.45) is -6.03. The third-order valence-corrected chi connectivity index (χ3v) is 4.52. The minimum absolute atomic E-state index is 0.240. The van der Waals surface area contributed by atoms with Crippen molar-refractivity contribution < 1.29 is 31.9 Å². The van der Waals surface area contributed by atoms with E-state index in [2.05, 4.69) is 5.32 Å². The van der Waals surface area contributed by atoms with Gasteiger partial charge in [0, 0.05) is 24.0 Å². The van der Waals surface area contributed by atoms with Crippen molar-refractivity contribution >= 4 is 17.3 Å². The molecule has 5 nitrogen and oxygen atoms in total. The summed E-state index contributed by atoms with van der Waals surface area (Å²) >= 11 is 0. The van der Waals surface area contributed by atoms with Crippen LogP contribution in [-0.4, -0.2) is 30.2 Å². The van der Waals surface area contributed by atoms with Gasteiger partial charge in [0.1, 0.15) is 0 Å². The molecule has 10 heteroatoms. The molecule has 0 radical (unpaired) electrons. The SMILES string of the molecule is N#Cc1ccc(NC(=O)C(O)CN2CCc3cc(F)c(F)cc32)cc1C(F)(F)F. The number of nitrogens with one attached hydrogen (secondary N) is 1. The quantitative estimate of drug-likeness (QED) is 0.758. The summed E-state index contributed by atoms with van der Waals surface area (Å²) in [4.78, 5) is 13.7. The number of aliphatic hydroxyl groups is 1. The van der Waals surface area contributed by atoms with E-state index in [1.165, 1.54) is 11.0 Å². The molecule has 1 atom stereocenters. The molecule has 152 valence electrons. The predicted molar refractivity (Wildman–Crippen MR) is 93.1 cm³/mol. The van der Waals surface area contributed by atoms with E-state index in [1.807, 2.05) is 0 Å². The van der Waals surface area contributed by atoms with Crippen molar-refractivity contribution in [2.24, 2.45) is 0 Å². The van der Waals surface area contributed by atoms with Crippen LogP contribution in [0.5, 0.6) is 0 Å². The van der Waals surface area contributed by atoms with Crippen molar-refractivity contribution in [3.8, 4) is 6.07 Å².